The van der Waals surface area contributed by atoms with E-state index in [-0.39, 0.29) is 24.9 Å². The molecule has 5 nitrogen and oxygen atoms in total. The van der Waals surface area contributed by atoms with Crippen molar-refractivity contribution in [1.29, 1.82) is 0 Å². The zero-order valence-corrected chi connectivity index (χ0v) is 11.5. The number of rotatable bonds is 8. The minimum atomic E-state index is -3.39. The highest BCUT2D eigenvalue weighted by Gasteiger charge is 2.38. The Morgan fingerprint density at radius 2 is 2.12 bits per heavy atom. The van der Waals surface area contributed by atoms with Crippen molar-refractivity contribution in [2.24, 2.45) is 0 Å². The van der Waals surface area contributed by atoms with Crippen LogP contribution in [0.2, 0.25) is 0 Å². The van der Waals surface area contributed by atoms with Crippen molar-refractivity contribution in [3.8, 4) is 0 Å². The average Bonchev–Trinajstić information content (AvgIpc) is 3.07. The van der Waals surface area contributed by atoms with Crippen LogP contribution < -0.4 is 0 Å². The Morgan fingerprint density at radius 1 is 1.47 bits per heavy atom. The molecule has 0 aromatic carbocycles. The van der Waals surface area contributed by atoms with Crippen molar-refractivity contribution in [2.45, 2.75) is 32.2 Å². The number of hydrogen-bond acceptors (Lipinski definition) is 4. The van der Waals surface area contributed by atoms with Gasteiger partial charge in [-0.1, -0.05) is 0 Å². The van der Waals surface area contributed by atoms with Crippen LogP contribution in [0.3, 0.4) is 0 Å². The van der Waals surface area contributed by atoms with Crippen LogP contribution in [0.25, 0.3) is 0 Å². The van der Waals surface area contributed by atoms with Gasteiger partial charge in [-0.25, -0.2) is 8.42 Å². The van der Waals surface area contributed by atoms with Gasteiger partial charge < -0.3 is 4.74 Å². The number of nitrogens with zero attached hydrogens (tertiary/aromatic N) is 1. The van der Waals surface area contributed by atoms with Crippen LogP contribution in [0.5, 0.6) is 0 Å². The van der Waals surface area contributed by atoms with Gasteiger partial charge in [-0.15, -0.1) is 11.6 Å². The monoisotopic (exact) mass is 283 g/mol. The molecule has 17 heavy (non-hydrogen) atoms. The highest BCUT2D eigenvalue weighted by molar-refractivity contribution is 7.89. The minimum Gasteiger partial charge on any atom is -0.465 e. The Bertz CT molecular complexity index is 353. The molecule has 0 saturated heterocycles. The molecule has 0 N–H and O–H groups in total. The molecule has 0 spiro atoms. The summed E-state index contributed by atoms with van der Waals surface area (Å²) in [5.74, 6) is -0.197. The number of halogens is 1. The third-order valence-corrected chi connectivity index (χ3v) is 4.65. The largest absolute Gasteiger partial charge is 0.465 e. The zero-order valence-electron chi connectivity index (χ0n) is 9.89. The predicted molar refractivity (Wildman–Crippen MR) is 65.5 cm³/mol. The van der Waals surface area contributed by atoms with Gasteiger partial charge in [-0.2, -0.15) is 4.31 Å². The van der Waals surface area contributed by atoms with Gasteiger partial charge in [-0.3, -0.25) is 4.79 Å². The van der Waals surface area contributed by atoms with Gasteiger partial charge in [-0.05, 0) is 26.2 Å². The summed E-state index contributed by atoms with van der Waals surface area (Å²) >= 11 is 5.49. The van der Waals surface area contributed by atoms with Crippen LogP contribution in [0, 0.1) is 0 Å². The van der Waals surface area contributed by atoms with Crippen molar-refractivity contribution in [3.05, 3.63) is 0 Å². The topological polar surface area (TPSA) is 63.7 Å². The lowest BCUT2D eigenvalue weighted by Crippen LogP contribution is -2.39. The van der Waals surface area contributed by atoms with Crippen molar-refractivity contribution in [2.75, 3.05) is 24.8 Å². The van der Waals surface area contributed by atoms with Crippen LogP contribution >= 0.6 is 11.6 Å². The van der Waals surface area contributed by atoms with E-state index in [0.717, 1.165) is 12.8 Å². The molecule has 0 aromatic rings. The minimum absolute atomic E-state index is 0.00753. The van der Waals surface area contributed by atoms with E-state index in [4.69, 9.17) is 16.3 Å². The summed E-state index contributed by atoms with van der Waals surface area (Å²) in [6, 6.07) is -0.0280. The molecule has 0 heterocycles. The van der Waals surface area contributed by atoms with E-state index in [9.17, 15) is 13.2 Å². The molecule has 1 saturated carbocycles. The second kappa shape index (κ2) is 6.56. The number of carbonyl (C=O) groups is 1. The Morgan fingerprint density at radius 3 is 2.59 bits per heavy atom. The summed E-state index contributed by atoms with van der Waals surface area (Å²) in [5.41, 5.74) is 0. The molecule has 1 rings (SSSR count). The first-order chi connectivity index (χ1) is 8.01. The van der Waals surface area contributed by atoms with Crippen LogP contribution in [0.4, 0.5) is 0 Å². The molecule has 0 aliphatic heterocycles. The molecule has 0 amide bonds. The van der Waals surface area contributed by atoms with Crippen molar-refractivity contribution < 1.29 is 17.9 Å². The van der Waals surface area contributed by atoms with E-state index >= 15 is 0 Å². The first-order valence-electron chi connectivity index (χ1n) is 5.72. The predicted octanol–water partition coefficient (Wildman–Crippen LogP) is 0.973. The van der Waals surface area contributed by atoms with Crippen LogP contribution in [-0.2, 0) is 19.6 Å². The Labute approximate surface area is 107 Å². The summed E-state index contributed by atoms with van der Waals surface area (Å²) in [6.07, 6.45) is 2.04. The van der Waals surface area contributed by atoms with Gasteiger partial charge in [0.2, 0.25) is 10.0 Å². The van der Waals surface area contributed by atoms with Gasteiger partial charge in [0.25, 0.3) is 0 Å². The van der Waals surface area contributed by atoms with Gasteiger partial charge in [0.05, 0.1) is 12.4 Å². The fourth-order valence-corrected chi connectivity index (χ4v) is 3.51. The molecule has 0 bridgehead atoms. The lowest BCUT2D eigenvalue weighted by Gasteiger charge is -2.20. The molecule has 0 unspecified atom stereocenters. The molecule has 1 aliphatic carbocycles. The number of esters is 1. The van der Waals surface area contributed by atoms with Gasteiger partial charge in [0.15, 0.2) is 0 Å². The number of hydrogen-bond donors (Lipinski definition) is 0. The first kappa shape index (κ1) is 14.7. The summed E-state index contributed by atoms with van der Waals surface area (Å²) in [5, 5.41) is 0. The molecular weight excluding hydrogens is 266 g/mol. The maximum Gasteiger partial charge on any atom is 0.321 e. The van der Waals surface area contributed by atoms with Crippen LogP contribution in [0.15, 0.2) is 0 Å². The highest BCUT2D eigenvalue weighted by atomic mass is 35.5. The molecule has 1 aliphatic rings. The van der Waals surface area contributed by atoms with Crippen LogP contribution in [0.1, 0.15) is 26.2 Å². The summed E-state index contributed by atoms with van der Waals surface area (Å²) in [6.45, 7) is 1.78. The molecule has 0 aromatic heterocycles. The van der Waals surface area contributed by atoms with E-state index in [0.29, 0.717) is 12.3 Å². The number of ether oxygens (including phenoxy) is 1. The maximum absolute atomic E-state index is 12.0. The normalized spacial score (nSPS) is 16.2. The quantitative estimate of drug-likeness (QED) is 0.492. The van der Waals surface area contributed by atoms with Gasteiger partial charge in [0.1, 0.15) is 6.54 Å². The van der Waals surface area contributed by atoms with Crippen molar-refractivity contribution in [3.63, 3.8) is 0 Å². The molecule has 0 radical (unpaired) electrons. The fourth-order valence-electron chi connectivity index (χ4n) is 1.51. The third kappa shape index (κ3) is 4.81. The number of sulfonamides is 1. The zero-order chi connectivity index (χ0) is 12.9. The van der Waals surface area contributed by atoms with E-state index < -0.39 is 16.0 Å². The summed E-state index contributed by atoms with van der Waals surface area (Å²) < 4.78 is 30.0. The molecule has 7 heteroatoms. The van der Waals surface area contributed by atoms with Crippen molar-refractivity contribution >= 4 is 27.6 Å². The number of carbonyl (C=O) groups excluding carboxylic acids is 1. The first-order valence-corrected chi connectivity index (χ1v) is 7.86. The lowest BCUT2D eigenvalue weighted by molar-refractivity contribution is -0.143. The van der Waals surface area contributed by atoms with Gasteiger partial charge in [0, 0.05) is 11.9 Å². The number of alkyl halides is 1. The molecule has 0 atom stereocenters. The SMILES string of the molecule is CCOC(=O)CN(C1CC1)S(=O)(=O)CCCCl. The standard InChI is InChI=1S/C10H18ClNO4S/c1-2-16-10(13)8-12(9-4-5-9)17(14,15)7-3-6-11/h9H,2-8H2,1H3. The van der Waals surface area contributed by atoms with E-state index in [2.05, 4.69) is 0 Å². The molecular formula is C10H18ClNO4S. The van der Waals surface area contributed by atoms with Crippen molar-refractivity contribution in [1.82, 2.24) is 4.31 Å². The Hall–Kier alpha value is -0.330. The maximum atomic E-state index is 12.0. The highest BCUT2D eigenvalue weighted by Crippen LogP contribution is 2.29. The third-order valence-electron chi connectivity index (χ3n) is 2.44. The van der Waals surface area contributed by atoms with Crippen LogP contribution in [-0.4, -0.2) is 49.5 Å². The second-order valence-corrected chi connectivity index (χ2v) is 6.36. The van der Waals surface area contributed by atoms with E-state index in [1.165, 1.54) is 4.31 Å². The lowest BCUT2D eigenvalue weighted by atomic mass is 10.6. The van der Waals surface area contributed by atoms with Gasteiger partial charge >= 0.3 is 5.97 Å². The van der Waals surface area contributed by atoms with E-state index in [1.54, 1.807) is 6.92 Å². The summed E-state index contributed by atoms with van der Waals surface area (Å²) in [7, 11) is -3.39. The smallest absolute Gasteiger partial charge is 0.321 e. The summed E-state index contributed by atoms with van der Waals surface area (Å²) in [4.78, 5) is 11.4. The second-order valence-electron chi connectivity index (χ2n) is 3.94. The Balaban J connectivity index is 2.61. The molecule has 1 fully saturated rings. The fraction of sp³-hybridized carbons (Fsp3) is 0.900. The Kier molecular flexibility index (Phi) is 5.69. The van der Waals surface area contributed by atoms with E-state index in [1.807, 2.05) is 0 Å². The average molecular weight is 284 g/mol. The molecule has 100 valence electrons.